The number of halogens is 1. The van der Waals surface area contributed by atoms with Crippen molar-refractivity contribution in [3.8, 4) is 5.75 Å². The van der Waals surface area contributed by atoms with E-state index in [0.717, 1.165) is 42.5 Å². The van der Waals surface area contributed by atoms with Gasteiger partial charge in [0.05, 0.1) is 31.4 Å². The van der Waals surface area contributed by atoms with Gasteiger partial charge in [-0.25, -0.2) is 0 Å². The number of likely N-dealkylation sites (tertiary alicyclic amines) is 1. The topological polar surface area (TPSA) is 79.3 Å². The lowest BCUT2D eigenvalue weighted by molar-refractivity contribution is -0.140. The van der Waals surface area contributed by atoms with Crippen molar-refractivity contribution in [2.45, 2.75) is 25.8 Å². The molecule has 2 aliphatic heterocycles. The van der Waals surface area contributed by atoms with Crippen LogP contribution in [0.25, 0.3) is 5.76 Å². The molecule has 0 aliphatic carbocycles. The highest BCUT2D eigenvalue weighted by molar-refractivity contribution is 9.10. The maximum atomic E-state index is 13.2. The van der Waals surface area contributed by atoms with Gasteiger partial charge in [-0.1, -0.05) is 47.1 Å². The average Bonchev–Trinajstić information content (AvgIpc) is 3.13. The van der Waals surface area contributed by atoms with Crippen LogP contribution in [0.15, 0.2) is 58.6 Å². The quantitative estimate of drug-likeness (QED) is 0.287. The minimum absolute atomic E-state index is 0.104. The smallest absolute Gasteiger partial charge is 0.295 e. The molecule has 2 aromatic carbocycles. The van der Waals surface area contributed by atoms with Gasteiger partial charge in [-0.05, 0) is 42.7 Å². The fraction of sp³-hybridized carbons (Fsp3) is 0.407. The Labute approximate surface area is 214 Å². The Morgan fingerprint density at radius 3 is 2.63 bits per heavy atom. The second-order valence-corrected chi connectivity index (χ2v) is 9.65. The number of hydrogen-bond acceptors (Lipinski definition) is 6. The number of aliphatic hydroxyl groups is 1. The number of ether oxygens (including phenoxy) is 2. The van der Waals surface area contributed by atoms with Crippen LogP contribution in [0.2, 0.25) is 0 Å². The van der Waals surface area contributed by atoms with E-state index in [1.165, 1.54) is 0 Å². The van der Waals surface area contributed by atoms with Crippen LogP contribution in [0.1, 0.15) is 36.9 Å². The Morgan fingerprint density at radius 2 is 1.89 bits per heavy atom. The highest BCUT2D eigenvalue weighted by Crippen LogP contribution is 2.40. The molecule has 2 aromatic rings. The first-order valence-electron chi connectivity index (χ1n) is 12.1. The molecule has 0 bridgehead atoms. The van der Waals surface area contributed by atoms with E-state index in [4.69, 9.17) is 9.47 Å². The van der Waals surface area contributed by atoms with E-state index in [1.54, 1.807) is 23.1 Å². The zero-order valence-corrected chi connectivity index (χ0v) is 21.5. The summed E-state index contributed by atoms with van der Waals surface area (Å²) in [5.74, 6) is -0.837. The van der Waals surface area contributed by atoms with Gasteiger partial charge in [-0.15, -0.1) is 0 Å². The molecule has 1 unspecified atom stereocenters. The molecule has 8 heteroatoms. The van der Waals surface area contributed by atoms with Gasteiger partial charge in [0.25, 0.3) is 11.7 Å². The minimum atomic E-state index is -0.669. The molecule has 1 N–H and O–H groups in total. The lowest BCUT2D eigenvalue weighted by Crippen LogP contribution is -2.38. The van der Waals surface area contributed by atoms with Gasteiger partial charge in [-0.2, -0.15) is 0 Å². The molecule has 0 spiro atoms. The van der Waals surface area contributed by atoms with Gasteiger partial charge >= 0.3 is 0 Å². The molecule has 2 fully saturated rings. The number of nitrogens with zero attached hydrogens (tertiary/aromatic N) is 2. The highest BCUT2D eigenvalue weighted by Gasteiger charge is 2.45. The van der Waals surface area contributed by atoms with Crippen LogP contribution in [-0.4, -0.2) is 72.6 Å². The summed E-state index contributed by atoms with van der Waals surface area (Å²) in [5.41, 5.74) is 1.32. The maximum absolute atomic E-state index is 13.2. The summed E-state index contributed by atoms with van der Waals surface area (Å²) in [4.78, 5) is 30.3. The van der Waals surface area contributed by atoms with Crippen LogP contribution < -0.4 is 4.74 Å². The number of Topliss-reactive ketones (excluding diaryl/α,β-unsaturated/α-hetero) is 1. The number of hydrogen-bond donors (Lipinski definition) is 1. The van der Waals surface area contributed by atoms with E-state index in [1.807, 2.05) is 37.3 Å². The van der Waals surface area contributed by atoms with Gasteiger partial charge in [0.15, 0.2) is 0 Å². The molecule has 1 amide bonds. The SMILES string of the molecule is CCCOc1cccc(/C(O)=C2\C(=O)C(=O)N(CCCN3CCOCC3)C2c2cccc(Br)c2)c1. The van der Waals surface area contributed by atoms with Gasteiger partial charge in [0.2, 0.25) is 0 Å². The van der Waals surface area contributed by atoms with Gasteiger partial charge in [0.1, 0.15) is 11.5 Å². The van der Waals surface area contributed by atoms with E-state index in [-0.39, 0.29) is 11.3 Å². The molecule has 0 aromatic heterocycles. The zero-order chi connectivity index (χ0) is 24.8. The fourth-order valence-corrected chi connectivity index (χ4v) is 4.95. The predicted molar refractivity (Wildman–Crippen MR) is 137 cm³/mol. The molecule has 2 saturated heterocycles. The number of benzene rings is 2. The molecule has 2 heterocycles. The Bertz CT molecular complexity index is 1100. The Kier molecular flexibility index (Phi) is 8.59. The van der Waals surface area contributed by atoms with Crippen molar-refractivity contribution in [2.24, 2.45) is 0 Å². The normalized spacial score (nSPS) is 20.4. The molecule has 0 radical (unpaired) electrons. The summed E-state index contributed by atoms with van der Waals surface area (Å²) in [6, 6.07) is 13.9. The molecular formula is C27H31BrN2O5. The predicted octanol–water partition coefficient (Wildman–Crippen LogP) is 4.38. The summed E-state index contributed by atoms with van der Waals surface area (Å²) in [5, 5.41) is 11.3. The second-order valence-electron chi connectivity index (χ2n) is 8.73. The van der Waals surface area contributed by atoms with Crippen molar-refractivity contribution in [3.63, 3.8) is 0 Å². The van der Waals surface area contributed by atoms with E-state index in [9.17, 15) is 14.7 Å². The van der Waals surface area contributed by atoms with Crippen molar-refractivity contribution in [1.82, 2.24) is 9.80 Å². The third kappa shape index (κ3) is 5.94. The number of aliphatic hydroxyl groups excluding tert-OH is 1. The fourth-order valence-electron chi connectivity index (χ4n) is 4.53. The number of morpholine rings is 1. The molecule has 4 rings (SSSR count). The van der Waals surface area contributed by atoms with Crippen molar-refractivity contribution in [3.05, 3.63) is 69.7 Å². The van der Waals surface area contributed by atoms with E-state index in [2.05, 4.69) is 20.8 Å². The number of ketones is 1. The highest BCUT2D eigenvalue weighted by atomic mass is 79.9. The Morgan fingerprint density at radius 1 is 1.11 bits per heavy atom. The van der Waals surface area contributed by atoms with Crippen LogP contribution >= 0.6 is 15.9 Å². The van der Waals surface area contributed by atoms with Crippen molar-refractivity contribution >= 4 is 33.4 Å². The standard InChI is InChI=1S/C27H31BrN2O5/c1-2-14-35-22-9-4-7-20(18-22)25(31)23-24(19-6-3-8-21(28)17-19)30(27(33)26(23)32)11-5-10-29-12-15-34-16-13-29/h3-4,6-9,17-18,24,31H,2,5,10-16H2,1H3/b25-23+. The first kappa shape index (κ1) is 25.4. The zero-order valence-electron chi connectivity index (χ0n) is 19.9. The number of rotatable bonds is 9. The summed E-state index contributed by atoms with van der Waals surface area (Å²) >= 11 is 3.50. The first-order chi connectivity index (χ1) is 17.0. The van der Waals surface area contributed by atoms with E-state index >= 15 is 0 Å². The second kappa shape index (κ2) is 11.8. The third-order valence-corrected chi connectivity index (χ3v) is 6.76. The third-order valence-electron chi connectivity index (χ3n) is 6.26. The van der Waals surface area contributed by atoms with Crippen LogP contribution in [0, 0.1) is 0 Å². The van der Waals surface area contributed by atoms with Crippen LogP contribution in [0.3, 0.4) is 0 Å². The van der Waals surface area contributed by atoms with Crippen LogP contribution in [-0.2, 0) is 14.3 Å². The summed E-state index contributed by atoms with van der Waals surface area (Å²) in [6.45, 7) is 6.95. The van der Waals surface area contributed by atoms with Crippen molar-refractivity contribution in [2.75, 3.05) is 46.0 Å². The molecule has 186 valence electrons. The molecular weight excluding hydrogens is 512 g/mol. The molecule has 0 saturated carbocycles. The minimum Gasteiger partial charge on any atom is -0.507 e. The number of amides is 1. The van der Waals surface area contributed by atoms with Gasteiger partial charge < -0.3 is 19.5 Å². The van der Waals surface area contributed by atoms with Crippen molar-refractivity contribution < 1.29 is 24.2 Å². The van der Waals surface area contributed by atoms with Gasteiger partial charge in [-0.3, -0.25) is 14.5 Å². The largest absolute Gasteiger partial charge is 0.507 e. The monoisotopic (exact) mass is 542 g/mol. The molecule has 7 nitrogen and oxygen atoms in total. The van der Waals surface area contributed by atoms with Gasteiger partial charge in [0, 0.05) is 36.2 Å². The molecule has 2 aliphatic rings. The van der Waals surface area contributed by atoms with Crippen LogP contribution in [0.4, 0.5) is 0 Å². The Hall–Kier alpha value is -2.68. The maximum Gasteiger partial charge on any atom is 0.295 e. The van der Waals surface area contributed by atoms with Crippen LogP contribution in [0.5, 0.6) is 5.75 Å². The van der Waals surface area contributed by atoms with E-state index in [0.29, 0.717) is 37.7 Å². The summed E-state index contributed by atoms with van der Waals surface area (Å²) < 4.78 is 11.9. The van der Waals surface area contributed by atoms with Crippen molar-refractivity contribution in [1.29, 1.82) is 0 Å². The Balaban J connectivity index is 1.66. The molecule has 35 heavy (non-hydrogen) atoms. The summed E-state index contributed by atoms with van der Waals surface area (Å²) in [7, 11) is 0. The average molecular weight is 543 g/mol. The summed E-state index contributed by atoms with van der Waals surface area (Å²) in [6.07, 6.45) is 1.58. The number of carbonyl (C=O) groups excluding carboxylic acids is 2. The van der Waals surface area contributed by atoms with E-state index < -0.39 is 17.7 Å². The number of carbonyl (C=O) groups is 2. The lowest BCUT2D eigenvalue weighted by Gasteiger charge is -2.29. The lowest BCUT2D eigenvalue weighted by atomic mass is 9.95. The molecule has 1 atom stereocenters. The first-order valence-corrected chi connectivity index (χ1v) is 12.9.